The average molecular weight is 587 g/mol. The number of hydrogen-bond donors (Lipinski definition) is 0. The van der Waals surface area contributed by atoms with Gasteiger partial charge in [-0.25, -0.2) is 9.97 Å². The van der Waals surface area contributed by atoms with Crippen molar-refractivity contribution >= 4 is 60.0 Å². The number of aromatic nitrogens is 4. The predicted molar refractivity (Wildman–Crippen MR) is 191 cm³/mol. The van der Waals surface area contributed by atoms with Crippen LogP contribution >= 0.6 is 0 Å². The van der Waals surface area contributed by atoms with Gasteiger partial charge in [0.2, 0.25) is 5.95 Å². The topological polar surface area (TPSA) is 35.1 Å². The highest BCUT2D eigenvalue weighted by molar-refractivity contribution is 6.24. The van der Waals surface area contributed by atoms with Crippen molar-refractivity contribution in [2.75, 3.05) is 0 Å². The van der Waals surface area contributed by atoms with Crippen LogP contribution in [-0.2, 0) is 0 Å². The Morgan fingerprint density at radius 3 is 1.98 bits per heavy atom. The third-order valence-electron chi connectivity index (χ3n) is 9.30. The van der Waals surface area contributed by atoms with Crippen molar-refractivity contribution in [2.24, 2.45) is 0 Å². The Labute approximate surface area is 264 Å². The average Bonchev–Trinajstić information content (AvgIpc) is 3.39. The maximum Gasteiger partial charge on any atom is 0.235 e. The van der Waals surface area contributed by atoms with Gasteiger partial charge in [0.05, 0.1) is 38.8 Å². The summed E-state index contributed by atoms with van der Waals surface area (Å²) in [5.41, 5.74) is 10.9. The standard InChI is InChI=1S/C42H26N4/c1-3-12-27(13-4-1)30-23-25-35-33(26-30)31-24-22-28-16-11-21-38-39(28)41(31)45(35)36-19-9-10-20-37(36)46(38)42-43-34-18-8-7-17-32(34)40(44-42)29-14-5-2-6-15-29/h1-26H. The smallest absolute Gasteiger partial charge is 0.235 e. The van der Waals surface area contributed by atoms with E-state index in [0.717, 1.165) is 38.7 Å². The molecule has 0 atom stereocenters. The van der Waals surface area contributed by atoms with E-state index in [-0.39, 0.29) is 0 Å². The minimum Gasteiger partial charge on any atom is -0.306 e. The van der Waals surface area contributed by atoms with E-state index in [9.17, 15) is 0 Å². The van der Waals surface area contributed by atoms with E-state index >= 15 is 0 Å². The molecule has 0 bridgehead atoms. The van der Waals surface area contributed by atoms with Gasteiger partial charge in [0, 0.05) is 27.1 Å². The molecule has 0 radical (unpaired) electrons. The van der Waals surface area contributed by atoms with Gasteiger partial charge >= 0.3 is 0 Å². The molecule has 4 nitrogen and oxygen atoms in total. The lowest BCUT2D eigenvalue weighted by atomic mass is 10.0. The van der Waals surface area contributed by atoms with E-state index in [1.165, 1.54) is 43.7 Å². The van der Waals surface area contributed by atoms with E-state index in [2.05, 4.69) is 155 Å². The second kappa shape index (κ2) is 9.62. The van der Waals surface area contributed by atoms with Gasteiger partial charge in [-0.1, -0.05) is 121 Å². The highest BCUT2D eigenvalue weighted by atomic mass is 15.2. The lowest BCUT2D eigenvalue weighted by Crippen LogP contribution is -2.05. The summed E-state index contributed by atoms with van der Waals surface area (Å²) in [7, 11) is 0. The fourth-order valence-electron chi connectivity index (χ4n) is 7.27. The Hall–Kier alpha value is -6.26. The molecule has 0 fully saturated rings. The van der Waals surface area contributed by atoms with E-state index in [0.29, 0.717) is 5.95 Å². The summed E-state index contributed by atoms with van der Waals surface area (Å²) < 4.78 is 4.70. The van der Waals surface area contributed by atoms with Crippen molar-refractivity contribution in [3.05, 3.63) is 158 Å². The lowest BCUT2D eigenvalue weighted by molar-refractivity contribution is 1.01. The Balaban J connectivity index is 1.40. The Kier molecular flexibility index (Phi) is 5.25. The van der Waals surface area contributed by atoms with Gasteiger partial charge in [-0.2, -0.15) is 0 Å². The van der Waals surface area contributed by atoms with Gasteiger partial charge in [-0.15, -0.1) is 0 Å². The zero-order chi connectivity index (χ0) is 30.2. The fourth-order valence-corrected chi connectivity index (χ4v) is 7.27. The molecule has 3 heterocycles. The molecule has 7 aromatic carbocycles. The van der Waals surface area contributed by atoms with Crippen LogP contribution in [-0.4, -0.2) is 18.9 Å². The van der Waals surface area contributed by atoms with Crippen LogP contribution in [0.1, 0.15) is 0 Å². The second-order valence-electron chi connectivity index (χ2n) is 11.8. The zero-order valence-electron chi connectivity index (χ0n) is 24.8. The largest absolute Gasteiger partial charge is 0.306 e. The van der Waals surface area contributed by atoms with Gasteiger partial charge in [-0.3, -0.25) is 4.57 Å². The summed E-state index contributed by atoms with van der Waals surface area (Å²) >= 11 is 0. The molecule has 0 amide bonds. The summed E-state index contributed by atoms with van der Waals surface area (Å²) in [6.45, 7) is 0. The van der Waals surface area contributed by atoms with Crippen LogP contribution in [0.15, 0.2) is 158 Å². The minimum absolute atomic E-state index is 0.649. The van der Waals surface area contributed by atoms with Crippen LogP contribution in [0.25, 0.3) is 88.4 Å². The molecule has 10 aromatic rings. The molecule has 214 valence electrons. The van der Waals surface area contributed by atoms with Gasteiger partial charge in [-0.05, 0) is 52.9 Å². The summed E-state index contributed by atoms with van der Waals surface area (Å²) in [6.07, 6.45) is 0. The normalized spacial score (nSPS) is 11.9. The van der Waals surface area contributed by atoms with Crippen LogP contribution in [0.3, 0.4) is 0 Å². The van der Waals surface area contributed by atoms with Crippen molar-refractivity contribution in [2.45, 2.75) is 0 Å². The number of para-hydroxylation sites is 3. The lowest BCUT2D eigenvalue weighted by Gasteiger charge is -2.14. The molecule has 3 aromatic heterocycles. The molecule has 0 spiro atoms. The highest BCUT2D eigenvalue weighted by Gasteiger charge is 2.21. The number of benzene rings is 7. The molecule has 4 heteroatoms. The molecular formula is C42H26N4. The third-order valence-corrected chi connectivity index (χ3v) is 9.30. The first-order valence-corrected chi connectivity index (χ1v) is 15.6. The van der Waals surface area contributed by atoms with Crippen LogP contribution in [0, 0.1) is 0 Å². The fraction of sp³-hybridized carbons (Fsp3) is 0. The summed E-state index contributed by atoms with van der Waals surface area (Å²) in [5.74, 6) is 0.649. The van der Waals surface area contributed by atoms with Crippen LogP contribution in [0.4, 0.5) is 0 Å². The SMILES string of the molecule is c1ccc(-c2ccc3c(c2)c2ccc4cccc5c4c2n3c2ccccc2n5-c2nc(-c3ccccc3)c3ccccc3n2)cc1. The minimum atomic E-state index is 0.649. The summed E-state index contributed by atoms with van der Waals surface area (Å²) in [4.78, 5) is 10.6. The van der Waals surface area contributed by atoms with Crippen molar-refractivity contribution in [3.63, 3.8) is 0 Å². The molecule has 0 saturated carbocycles. The van der Waals surface area contributed by atoms with Crippen molar-refractivity contribution in [1.82, 2.24) is 18.9 Å². The van der Waals surface area contributed by atoms with E-state index in [4.69, 9.17) is 9.97 Å². The molecule has 0 saturated heterocycles. The zero-order valence-corrected chi connectivity index (χ0v) is 24.8. The van der Waals surface area contributed by atoms with Crippen LogP contribution in [0.2, 0.25) is 0 Å². The summed E-state index contributed by atoms with van der Waals surface area (Å²) in [5, 5.41) is 5.87. The van der Waals surface area contributed by atoms with Gasteiger partial charge in [0.25, 0.3) is 0 Å². The molecule has 0 aliphatic heterocycles. The summed E-state index contributed by atoms with van der Waals surface area (Å²) in [6, 6.07) is 56.0. The first-order chi connectivity index (χ1) is 22.8. The van der Waals surface area contributed by atoms with Gasteiger partial charge in [0.15, 0.2) is 0 Å². The number of nitrogens with zero attached hydrogens (tertiary/aromatic N) is 4. The molecule has 0 aliphatic rings. The highest BCUT2D eigenvalue weighted by Crippen LogP contribution is 2.41. The number of rotatable bonds is 3. The van der Waals surface area contributed by atoms with Crippen LogP contribution in [0.5, 0.6) is 0 Å². The number of hydrogen-bond acceptors (Lipinski definition) is 2. The molecule has 10 rings (SSSR count). The first-order valence-electron chi connectivity index (χ1n) is 15.6. The Morgan fingerprint density at radius 2 is 1.13 bits per heavy atom. The Bertz CT molecular complexity index is 2780. The van der Waals surface area contributed by atoms with Crippen LogP contribution < -0.4 is 0 Å². The van der Waals surface area contributed by atoms with E-state index < -0.39 is 0 Å². The Morgan fingerprint density at radius 1 is 0.413 bits per heavy atom. The molecular weight excluding hydrogens is 560 g/mol. The van der Waals surface area contributed by atoms with Crippen molar-refractivity contribution in [1.29, 1.82) is 0 Å². The van der Waals surface area contributed by atoms with Crippen molar-refractivity contribution < 1.29 is 0 Å². The van der Waals surface area contributed by atoms with Gasteiger partial charge < -0.3 is 4.40 Å². The van der Waals surface area contributed by atoms with Crippen molar-refractivity contribution in [3.8, 4) is 28.3 Å². The van der Waals surface area contributed by atoms with Gasteiger partial charge in [0.1, 0.15) is 0 Å². The molecule has 0 N–H and O–H groups in total. The van der Waals surface area contributed by atoms with E-state index in [1.807, 2.05) is 12.1 Å². The molecule has 46 heavy (non-hydrogen) atoms. The predicted octanol–water partition coefficient (Wildman–Crippen LogP) is 10.6. The third kappa shape index (κ3) is 3.55. The monoisotopic (exact) mass is 586 g/mol. The molecule has 0 unspecified atom stereocenters. The quantitative estimate of drug-likeness (QED) is 0.206. The number of fused-ring (bicyclic) bond motifs is 6. The maximum absolute atomic E-state index is 5.35. The van der Waals surface area contributed by atoms with E-state index in [1.54, 1.807) is 0 Å². The maximum atomic E-state index is 5.35. The molecule has 0 aliphatic carbocycles. The first kappa shape index (κ1) is 25.1. The second-order valence-corrected chi connectivity index (χ2v) is 11.8.